The second-order valence-electron chi connectivity index (χ2n) is 6.87. The fraction of sp³-hybridized carbons (Fsp3) is 0.286. The summed E-state index contributed by atoms with van der Waals surface area (Å²) in [7, 11) is 0. The topological polar surface area (TPSA) is 57.2 Å². The largest absolute Gasteiger partial charge is 0.368 e. The second kappa shape index (κ2) is 8.21. The normalized spacial score (nSPS) is 15.4. The van der Waals surface area contributed by atoms with Gasteiger partial charge < -0.3 is 15.1 Å². The first-order valence-electron chi connectivity index (χ1n) is 9.46. The number of halogens is 1. The zero-order valence-electron chi connectivity index (χ0n) is 15.8. The van der Waals surface area contributed by atoms with Crippen LogP contribution in [-0.4, -0.2) is 41.4 Å². The van der Waals surface area contributed by atoms with E-state index in [1.807, 2.05) is 30.3 Å². The van der Waals surface area contributed by atoms with Crippen LogP contribution in [0.25, 0.3) is 0 Å². The number of anilines is 3. The molecule has 4 rings (SSSR count). The molecule has 1 N–H and O–H groups in total. The van der Waals surface area contributed by atoms with Crippen LogP contribution in [-0.2, 0) is 0 Å². The molecule has 0 aliphatic carbocycles. The number of rotatable bonds is 5. The van der Waals surface area contributed by atoms with E-state index >= 15 is 0 Å². The molecule has 0 saturated carbocycles. The van der Waals surface area contributed by atoms with E-state index in [-0.39, 0.29) is 11.9 Å². The SMILES string of the molecule is CC(Nc1nncc(N2CCN(c3ccc(F)cc3)CC2)n1)c1ccccc1. The van der Waals surface area contributed by atoms with Crippen LogP contribution in [0.15, 0.2) is 60.8 Å². The van der Waals surface area contributed by atoms with Crippen LogP contribution in [0, 0.1) is 5.82 Å². The van der Waals surface area contributed by atoms with Crippen LogP contribution in [0.5, 0.6) is 0 Å². The summed E-state index contributed by atoms with van der Waals surface area (Å²) < 4.78 is 13.1. The predicted octanol–water partition coefficient (Wildman–Crippen LogP) is 3.51. The highest BCUT2D eigenvalue weighted by atomic mass is 19.1. The number of nitrogens with one attached hydrogen (secondary N) is 1. The molecule has 6 nitrogen and oxygen atoms in total. The van der Waals surface area contributed by atoms with Crippen molar-refractivity contribution < 1.29 is 4.39 Å². The maximum atomic E-state index is 13.1. The molecule has 1 aromatic heterocycles. The molecule has 3 aromatic rings. The molecule has 2 heterocycles. The van der Waals surface area contributed by atoms with E-state index in [1.54, 1.807) is 6.20 Å². The van der Waals surface area contributed by atoms with E-state index < -0.39 is 0 Å². The molecule has 1 aliphatic rings. The van der Waals surface area contributed by atoms with Crippen LogP contribution in [0.3, 0.4) is 0 Å². The van der Waals surface area contributed by atoms with Gasteiger partial charge >= 0.3 is 0 Å². The third kappa shape index (κ3) is 4.19. The molecule has 1 atom stereocenters. The van der Waals surface area contributed by atoms with Gasteiger partial charge in [0.15, 0.2) is 5.82 Å². The summed E-state index contributed by atoms with van der Waals surface area (Å²) in [6.45, 7) is 5.41. The lowest BCUT2D eigenvalue weighted by Crippen LogP contribution is -2.47. The highest BCUT2D eigenvalue weighted by Crippen LogP contribution is 2.21. The van der Waals surface area contributed by atoms with Gasteiger partial charge in [-0.25, -0.2) is 4.39 Å². The Hall–Kier alpha value is -3.22. The Bertz CT molecular complexity index is 894. The minimum atomic E-state index is -0.209. The number of piperazine rings is 1. The highest BCUT2D eigenvalue weighted by molar-refractivity contribution is 5.49. The number of nitrogens with zero attached hydrogens (tertiary/aromatic N) is 5. The van der Waals surface area contributed by atoms with Gasteiger partial charge in [0.25, 0.3) is 0 Å². The summed E-state index contributed by atoms with van der Waals surface area (Å²) in [5, 5.41) is 11.6. The number of aromatic nitrogens is 3. The lowest BCUT2D eigenvalue weighted by molar-refractivity contribution is 0.624. The molecular weight excluding hydrogens is 355 g/mol. The Balaban J connectivity index is 1.39. The number of hydrogen-bond donors (Lipinski definition) is 1. The molecule has 1 fully saturated rings. The predicted molar refractivity (Wildman–Crippen MR) is 109 cm³/mol. The highest BCUT2D eigenvalue weighted by Gasteiger charge is 2.19. The average molecular weight is 378 g/mol. The van der Waals surface area contributed by atoms with Crippen molar-refractivity contribution in [1.29, 1.82) is 0 Å². The van der Waals surface area contributed by atoms with Gasteiger partial charge in [-0.05, 0) is 36.8 Å². The molecule has 7 heteroatoms. The van der Waals surface area contributed by atoms with Crippen molar-refractivity contribution in [3.8, 4) is 0 Å². The summed E-state index contributed by atoms with van der Waals surface area (Å²) in [5.74, 6) is 1.13. The van der Waals surface area contributed by atoms with Gasteiger partial charge in [0, 0.05) is 31.9 Å². The van der Waals surface area contributed by atoms with E-state index in [0.29, 0.717) is 5.95 Å². The Labute approximate surface area is 164 Å². The van der Waals surface area contributed by atoms with Gasteiger partial charge in [-0.15, -0.1) is 5.10 Å². The smallest absolute Gasteiger partial charge is 0.245 e. The summed E-state index contributed by atoms with van der Waals surface area (Å²) in [5.41, 5.74) is 2.21. The lowest BCUT2D eigenvalue weighted by Gasteiger charge is -2.36. The average Bonchev–Trinajstić information content (AvgIpc) is 2.75. The number of benzene rings is 2. The van der Waals surface area contributed by atoms with Gasteiger partial charge in [0.1, 0.15) is 5.82 Å². The summed E-state index contributed by atoms with van der Waals surface area (Å²) in [6, 6.07) is 16.9. The van der Waals surface area contributed by atoms with E-state index in [2.05, 4.69) is 49.4 Å². The zero-order chi connectivity index (χ0) is 19.3. The molecule has 0 radical (unpaired) electrons. The maximum Gasteiger partial charge on any atom is 0.245 e. The van der Waals surface area contributed by atoms with Crippen LogP contribution >= 0.6 is 0 Å². The van der Waals surface area contributed by atoms with Crippen molar-refractivity contribution in [1.82, 2.24) is 15.2 Å². The summed E-state index contributed by atoms with van der Waals surface area (Å²) in [4.78, 5) is 9.10. The van der Waals surface area contributed by atoms with Gasteiger partial charge in [-0.2, -0.15) is 10.1 Å². The van der Waals surface area contributed by atoms with Crippen molar-refractivity contribution in [2.45, 2.75) is 13.0 Å². The molecule has 144 valence electrons. The van der Waals surface area contributed by atoms with E-state index in [0.717, 1.165) is 37.7 Å². The molecule has 1 aliphatic heterocycles. The first-order chi connectivity index (χ1) is 13.7. The molecular formula is C21H23FN6. The number of hydrogen-bond acceptors (Lipinski definition) is 6. The van der Waals surface area contributed by atoms with Crippen molar-refractivity contribution >= 4 is 17.5 Å². The fourth-order valence-corrected chi connectivity index (χ4v) is 3.37. The molecule has 1 saturated heterocycles. The molecule has 28 heavy (non-hydrogen) atoms. The van der Waals surface area contributed by atoms with Crippen LogP contribution in [0.2, 0.25) is 0 Å². The zero-order valence-corrected chi connectivity index (χ0v) is 15.8. The van der Waals surface area contributed by atoms with Gasteiger partial charge in [0.05, 0.1) is 12.2 Å². The molecule has 1 unspecified atom stereocenters. The van der Waals surface area contributed by atoms with Crippen molar-refractivity contribution in [3.63, 3.8) is 0 Å². The van der Waals surface area contributed by atoms with Crippen molar-refractivity contribution in [3.05, 3.63) is 72.2 Å². The Kier molecular flexibility index (Phi) is 5.32. The monoisotopic (exact) mass is 378 g/mol. The minimum Gasteiger partial charge on any atom is -0.368 e. The van der Waals surface area contributed by atoms with Crippen LogP contribution in [0.4, 0.5) is 21.8 Å². The van der Waals surface area contributed by atoms with Gasteiger partial charge in [-0.3, -0.25) is 0 Å². The summed E-state index contributed by atoms with van der Waals surface area (Å²) in [6.07, 6.45) is 1.70. The van der Waals surface area contributed by atoms with Crippen molar-refractivity contribution in [2.75, 3.05) is 41.3 Å². The maximum absolute atomic E-state index is 13.1. The van der Waals surface area contributed by atoms with E-state index in [4.69, 9.17) is 0 Å². The second-order valence-corrected chi connectivity index (χ2v) is 6.87. The molecule has 0 bridgehead atoms. The van der Waals surface area contributed by atoms with Crippen molar-refractivity contribution in [2.24, 2.45) is 0 Å². The first-order valence-corrected chi connectivity index (χ1v) is 9.46. The molecule has 0 amide bonds. The lowest BCUT2D eigenvalue weighted by atomic mass is 10.1. The fourth-order valence-electron chi connectivity index (χ4n) is 3.37. The third-order valence-corrected chi connectivity index (χ3v) is 4.99. The van der Waals surface area contributed by atoms with Gasteiger partial charge in [0.2, 0.25) is 5.95 Å². The van der Waals surface area contributed by atoms with Crippen LogP contribution in [0.1, 0.15) is 18.5 Å². The third-order valence-electron chi connectivity index (χ3n) is 4.99. The van der Waals surface area contributed by atoms with Gasteiger partial charge in [-0.1, -0.05) is 30.3 Å². The minimum absolute atomic E-state index is 0.0913. The Morgan fingerprint density at radius 1 is 0.929 bits per heavy atom. The quantitative estimate of drug-likeness (QED) is 0.733. The van der Waals surface area contributed by atoms with E-state index in [1.165, 1.54) is 17.7 Å². The standard InChI is InChI=1S/C21H23FN6/c1-16(17-5-3-2-4-6-17)24-21-25-20(15-23-26-21)28-13-11-27(12-14-28)19-9-7-18(22)8-10-19/h2-10,15-16H,11-14H2,1H3,(H,24,25,26). The first kappa shape index (κ1) is 18.2. The molecule has 2 aromatic carbocycles. The van der Waals surface area contributed by atoms with E-state index in [9.17, 15) is 4.39 Å². The summed E-state index contributed by atoms with van der Waals surface area (Å²) >= 11 is 0. The molecule has 0 spiro atoms. The Morgan fingerprint density at radius 3 is 2.32 bits per heavy atom. The van der Waals surface area contributed by atoms with Crippen LogP contribution < -0.4 is 15.1 Å². The Morgan fingerprint density at radius 2 is 1.61 bits per heavy atom.